The van der Waals surface area contributed by atoms with Gasteiger partial charge in [0.15, 0.2) is 0 Å². The molecule has 6 nitrogen and oxygen atoms in total. The van der Waals surface area contributed by atoms with Gasteiger partial charge in [0, 0.05) is 24.0 Å². The van der Waals surface area contributed by atoms with Gasteiger partial charge in [-0.3, -0.25) is 0 Å². The van der Waals surface area contributed by atoms with Gasteiger partial charge in [-0.05, 0) is 6.42 Å². The molecule has 2 rings (SSSR count). The van der Waals surface area contributed by atoms with E-state index in [1.54, 1.807) is 12.4 Å². The number of urea groups is 1. The summed E-state index contributed by atoms with van der Waals surface area (Å²) in [4.78, 5) is 20.4. The Morgan fingerprint density at radius 1 is 1.33 bits per heavy atom. The molecule has 3 N–H and O–H groups in total. The topological polar surface area (TPSA) is 87.1 Å². The molecule has 1 aromatic heterocycles. The van der Waals surface area contributed by atoms with Crippen LogP contribution >= 0.6 is 0 Å². The highest BCUT2D eigenvalue weighted by Gasteiger charge is 2.20. The molecular formula is C15H22N4O2. The minimum atomic E-state index is -0.296. The molecule has 114 valence electrons. The normalized spacial score (nSPS) is 21.3. The zero-order valence-corrected chi connectivity index (χ0v) is 12.6. The van der Waals surface area contributed by atoms with E-state index in [1.807, 2.05) is 32.9 Å². The number of hydrogen-bond acceptors (Lipinski definition) is 4. The molecule has 0 radical (unpaired) electrons. The van der Waals surface area contributed by atoms with Crippen molar-refractivity contribution in [3.63, 3.8) is 0 Å². The highest BCUT2D eigenvalue weighted by Crippen LogP contribution is 2.19. The van der Waals surface area contributed by atoms with Crippen LogP contribution in [-0.4, -0.2) is 33.8 Å². The molecule has 1 aromatic rings. The molecule has 0 fully saturated rings. The number of aliphatic hydroxyl groups is 1. The molecule has 1 aliphatic rings. The van der Waals surface area contributed by atoms with Gasteiger partial charge in [0.05, 0.1) is 18.1 Å². The lowest BCUT2D eigenvalue weighted by Gasteiger charge is -2.17. The number of carbonyl (C=O) groups excluding carboxylic acids is 1. The van der Waals surface area contributed by atoms with Gasteiger partial charge in [0.1, 0.15) is 5.82 Å². The lowest BCUT2D eigenvalue weighted by molar-refractivity contribution is 0.238. The summed E-state index contributed by atoms with van der Waals surface area (Å²) in [5.74, 6) is 0.864. The first-order valence-electron chi connectivity index (χ1n) is 7.07. The van der Waals surface area contributed by atoms with Crippen LogP contribution in [0, 0.1) is 5.92 Å². The van der Waals surface area contributed by atoms with Crippen LogP contribution in [0.1, 0.15) is 33.0 Å². The Hall–Kier alpha value is -1.95. The smallest absolute Gasteiger partial charge is 0.319 e. The summed E-state index contributed by atoms with van der Waals surface area (Å²) in [6.45, 7) is 6.21. The van der Waals surface area contributed by atoms with Crippen LogP contribution in [0.4, 0.5) is 10.5 Å². The molecule has 1 aliphatic carbocycles. The average molecular weight is 290 g/mol. The number of hydrogen-bond donors (Lipinski definition) is 3. The Bertz CT molecular complexity index is 519. The summed E-state index contributed by atoms with van der Waals surface area (Å²) in [6, 6.07) is -0.340. The zero-order chi connectivity index (χ0) is 15.5. The van der Waals surface area contributed by atoms with Gasteiger partial charge < -0.3 is 15.7 Å². The fourth-order valence-corrected chi connectivity index (χ4v) is 2.13. The van der Waals surface area contributed by atoms with Gasteiger partial charge in [-0.1, -0.05) is 32.9 Å². The number of nitrogens with one attached hydrogen (secondary N) is 2. The van der Waals surface area contributed by atoms with E-state index in [0.717, 1.165) is 12.2 Å². The molecule has 0 aromatic carbocycles. The third kappa shape index (κ3) is 4.26. The minimum absolute atomic E-state index is 0.0445. The second kappa shape index (κ2) is 6.22. The molecule has 1 heterocycles. The van der Waals surface area contributed by atoms with Crippen molar-refractivity contribution < 1.29 is 9.90 Å². The molecule has 0 aliphatic heterocycles. The van der Waals surface area contributed by atoms with Gasteiger partial charge in [-0.15, -0.1) is 0 Å². The van der Waals surface area contributed by atoms with Crippen molar-refractivity contribution in [1.82, 2.24) is 15.3 Å². The molecule has 0 saturated heterocycles. The van der Waals surface area contributed by atoms with Gasteiger partial charge >= 0.3 is 6.03 Å². The highest BCUT2D eigenvalue weighted by atomic mass is 16.3. The minimum Gasteiger partial charge on any atom is -0.396 e. The van der Waals surface area contributed by atoms with Crippen molar-refractivity contribution in [3.8, 4) is 0 Å². The summed E-state index contributed by atoms with van der Waals surface area (Å²) < 4.78 is 0. The first kappa shape index (κ1) is 15.4. The maximum absolute atomic E-state index is 11.9. The van der Waals surface area contributed by atoms with Crippen LogP contribution in [0.25, 0.3) is 0 Å². The Balaban J connectivity index is 1.87. The molecule has 0 bridgehead atoms. The number of carbonyl (C=O) groups is 1. The number of aromatic nitrogens is 2. The van der Waals surface area contributed by atoms with E-state index < -0.39 is 0 Å². The number of anilines is 1. The van der Waals surface area contributed by atoms with E-state index >= 15 is 0 Å². The van der Waals surface area contributed by atoms with Gasteiger partial charge in [-0.25, -0.2) is 14.8 Å². The predicted molar refractivity (Wildman–Crippen MR) is 81.0 cm³/mol. The largest absolute Gasteiger partial charge is 0.396 e. The summed E-state index contributed by atoms with van der Waals surface area (Å²) in [7, 11) is 0. The Kier molecular flexibility index (Phi) is 4.57. The van der Waals surface area contributed by atoms with Crippen LogP contribution in [0.2, 0.25) is 0 Å². The Morgan fingerprint density at radius 3 is 2.52 bits per heavy atom. The zero-order valence-electron chi connectivity index (χ0n) is 12.6. The van der Waals surface area contributed by atoms with Crippen molar-refractivity contribution in [1.29, 1.82) is 0 Å². The van der Waals surface area contributed by atoms with Crippen molar-refractivity contribution in [2.24, 2.45) is 5.92 Å². The van der Waals surface area contributed by atoms with Crippen molar-refractivity contribution in [2.75, 3.05) is 11.9 Å². The van der Waals surface area contributed by atoms with Crippen molar-refractivity contribution >= 4 is 11.7 Å². The first-order chi connectivity index (χ1) is 9.88. The molecule has 2 amide bonds. The molecule has 21 heavy (non-hydrogen) atoms. The average Bonchev–Trinajstić information content (AvgIpc) is 2.85. The van der Waals surface area contributed by atoms with Crippen molar-refractivity contribution in [2.45, 2.75) is 38.6 Å². The fourth-order valence-electron chi connectivity index (χ4n) is 2.13. The Labute approximate surface area is 124 Å². The third-order valence-corrected chi connectivity index (χ3v) is 3.30. The number of nitrogens with zero attached hydrogens (tertiary/aromatic N) is 2. The summed E-state index contributed by atoms with van der Waals surface area (Å²) >= 11 is 0. The fraction of sp³-hybridized carbons (Fsp3) is 0.533. The molecule has 0 saturated carbocycles. The van der Waals surface area contributed by atoms with Gasteiger partial charge in [-0.2, -0.15) is 0 Å². The lowest BCUT2D eigenvalue weighted by atomic mass is 9.96. The standard InChI is InChI=1S/C15H22N4O2/c1-15(2,3)13-16-7-12(8-17-13)19-14(21)18-11-5-4-10(6-11)9-20/h4-5,7-8,10-11,20H,6,9H2,1-3H3,(H2,18,19,21)/t10-,11+/m0/s1. The second-order valence-corrected chi connectivity index (χ2v) is 6.31. The quantitative estimate of drug-likeness (QED) is 0.741. The maximum atomic E-state index is 11.9. The number of amides is 2. The molecular weight excluding hydrogens is 268 g/mol. The van der Waals surface area contributed by atoms with Crippen LogP contribution in [0.3, 0.4) is 0 Å². The third-order valence-electron chi connectivity index (χ3n) is 3.30. The van der Waals surface area contributed by atoms with Crippen LogP contribution < -0.4 is 10.6 Å². The summed E-state index contributed by atoms with van der Waals surface area (Å²) in [5, 5.41) is 14.6. The predicted octanol–water partition coefficient (Wildman–Crippen LogP) is 1.83. The van der Waals surface area contributed by atoms with E-state index in [0.29, 0.717) is 5.69 Å². The lowest BCUT2D eigenvalue weighted by Crippen LogP contribution is -2.36. The van der Waals surface area contributed by atoms with E-state index in [9.17, 15) is 4.79 Å². The monoisotopic (exact) mass is 290 g/mol. The second-order valence-electron chi connectivity index (χ2n) is 6.31. The maximum Gasteiger partial charge on any atom is 0.319 e. The molecule has 6 heteroatoms. The molecule has 2 atom stereocenters. The van der Waals surface area contributed by atoms with Crippen LogP contribution in [-0.2, 0) is 5.41 Å². The van der Waals surface area contributed by atoms with Gasteiger partial charge in [0.2, 0.25) is 0 Å². The number of rotatable bonds is 3. The van der Waals surface area contributed by atoms with E-state index in [2.05, 4.69) is 20.6 Å². The summed E-state index contributed by atoms with van der Waals surface area (Å²) in [6.07, 6.45) is 7.76. The summed E-state index contributed by atoms with van der Waals surface area (Å²) in [5.41, 5.74) is 0.440. The van der Waals surface area contributed by atoms with Crippen LogP contribution in [0.5, 0.6) is 0 Å². The van der Waals surface area contributed by atoms with Crippen LogP contribution in [0.15, 0.2) is 24.5 Å². The molecule has 0 unspecified atom stereocenters. The first-order valence-corrected chi connectivity index (χ1v) is 7.07. The van der Waals surface area contributed by atoms with Crippen molar-refractivity contribution in [3.05, 3.63) is 30.4 Å². The highest BCUT2D eigenvalue weighted by molar-refractivity contribution is 5.89. The Morgan fingerprint density at radius 2 is 2.00 bits per heavy atom. The van der Waals surface area contributed by atoms with Gasteiger partial charge in [0.25, 0.3) is 0 Å². The SMILES string of the molecule is CC(C)(C)c1ncc(NC(=O)N[C@@H]2C=C[C@H](CO)C2)cn1. The van der Waals surface area contributed by atoms with E-state index in [-0.39, 0.29) is 30.0 Å². The number of aliphatic hydroxyl groups excluding tert-OH is 1. The van der Waals surface area contributed by atoms with E-state index in [1.165, 1.54) is 0 Å². The van der Waals surface area contributed by atoms with E-state index in [4.69, 9.17) is 5.11 Å². The molecule has 0 spiro atoms.